The number of hydrogen-bond acceptors (Lipinski definition) is 3. The van der Waals surface area contributed by atoms with Gasteiger partial charge in [0, 0.05) is 5.92 Å². The van der Waals surface area contributed by atoms with Gasteiger partial charge in [-0.25, -0.2) is 0 Å². The highest BCUT2D eigenvalue weighted by atomic mass is 16.5. The largest absolute Gasteiger partial charge is 0.381 e. The maximum absolute atomic E-state index is 9.56. The molecule has 1 fully saturated rings. The molecule has 3 heteroatoms. The van der Waals surface area contributed by atoms with Crippen LogP contribution in [0.3, 0.4) is 0 Å². The van der Waals surface area contributed by atoms with E-state index in [1.807, 2.05) is 0 Å². The summed E-state index contributed by atoms with van der Waals surface area (Å²) in [6, 6.07) is 0. The van der Waals surface area contributed by atoms with Crippen LogP contribution in [0.2, 0.25) is 0 Å². The van der Waals surface area contributed by atoms with Crippen molar-refractivity contribution < 1.29 is 4.74 Å². The van der Waals surface area contributed by atoms with E-state index in [9.17, 15) is 4.91 Å². The second kappa shape index (κ2) is 2.77. The van der Waals surface area contributed by atoms with Gasteiger partial charge in [0.1, 0.15) is 0 Å². The van der Waals surface area contributed by atoms with Gasteiger partial charge in [-0.3, -0.25) is 0 Å². The highest BCUT2D eigenvalue weighted by molar-refractivity contribution is 4.65. The molecule has 0 unspecified atom stereocenters. The average molecular weight is 115 g/mol. The third kappa shape index (κ3) is 1.26. The first kappa shape index (κ1) is 5.69. The maximum atomic E-state index is 9.56. The molecule has 8 heavy (non-hydrogen) atoms. The Morgan fingerprint density at radius 1 is 1.62 bits per heavy atom. The zero-order valence-electron chi connectivity index (χ0n) is 4.67. The molecule has 0 N–H and O–H groups in total. The molecule has 1 heterocycles. The molecule has 0 bridgehead atoms. The van der Waals surface area contributed by atoms with Crippen LogP contribution in [0.25, 0.3) is 0 Å². The minimum absolute atomic E-state index is 0.452. The Morgan fingerprint density at radius 3 is 2.75 bits per heavy atom. The highest BCUT2D eigenvalue weighted by Crippen LogP contribution is 2.13. The fraction of sp³-hybridized carbons (Fsp3) is 1.00. The number of ether oxygens (including phenoxy) is 1. The maximum Gasteiger partial charge on any atom is 0.0815 e. The molecule has 1 rings (SSSR count). The lowest BCUT2D eigenvalue weighted by Gasteiger charge is -2.24. The molecule has 46 valence electrons. The molecule has 0 aromatic carbocycles. The number of nitrogens with zero attached hydrogens (tertiary/aromatic N) is 1. The molecule has 0 radical (unpaired) electrons. The summed E-state index contributed by atoms with van der Waals surface area (Å²) in [7, 11) is 0. The number of hydrogen-bond donors (Lipinski definition) is 0. The molecule has 0 aromatic heterocycles. The molecule has 0 spiro atoms. The van der Waals surface area contributed by atoms with Crippen LogP contribution in [0.15, 0.2) is 5.18 Å². The molecule has 0 aliphatic carbocycles. The molecule has 3 nitrogen and oxygen atoms in total. The molecule has 0 saturated carbocycles. The summed E-state index contributed by atoms with van der Waals surface area (Å²) in [5.74, 6) is 0.618. The van der Waals surface area contributed by atoms with Crippen LogP contribution < -0.4 is 0 Å². The second-order valence-electron chi connectivity index (χ2n) is 2.04. The Morgan fingerprint density at radius 2 is 2.38 bits per heavy atom. The summed E-state index contributed by atoms with van der Waals surface area (Å²) >= 11 is 0. The summed E-state index contributed by atoms with van der Waals surface area (Å²) in [6.07, 6.45) is 0.906. The lowest BCUT2D eigenvalue weighted by molar-refractivity contribution is -0.0342. The Hall–Kier alpha value is -0.440. The molecular formula is C5H9NO2. The van der Waals surface area contributed by atoms with E-state index in [1.165, 1.54) is 0 Å². The third-order valence-electron chi connectivity index (χ3n) is 1.34. The van der Waals surface area contributed by atoms with Crippen LogP contribution in [0, 0.1) is 10.8 Å². The van der Waals surface area contributed by atoms with E-state index in [0.717, 1.165) is 19.6 Å². The van der Waals surface area contributed by atoms with Crippen molar-refractivity contribution in [1.29, 1.82) is 0 Å². The van der Waals surface area contributed by atoms with Gasteiger partial charge < -0.3 is 4.74 Å². The minimum atomic E-state index is 0.452. The van der Waals surface area contributed by atoms with E-state index >= 15 is 0 Å². The van der Waals surface area contributed by atoms with Crippen molar-refractivity contribution in [3.8, 4) is 0 Å². The third-order valence-corrected chi connectivity index (χ3v) is 1.34. The topological polar surface area (TPSA) is 38.7 Å². The van der Waals surface area contributed by atoms with Crippen molar-refractivity contribution in [2.75, 3.05) is 19.8 Å². The monoisotopic (exact) mass is 115 g/mol. The van der Waals surface area contributed by atoms with Crippen molar-refractivity contribution in [2.24, 2.45) is 11.1 Å². The van der Waals surface area contributed by atoms with Crippen molar-refractivity contribution in [2.45, 2.75) is 6.42 Å². The van der Waals surface area contributed by atoms with Crippen LogP contribution in [0.5, 0.6) is 0 Å². The van der Waals surface area contributed by atoms with Gasteiger partial charge in [-0.15, -0.1) is 0 Å². The second-order valence-corrected chi connectivity index (χ2v) is 2.04. The van der Waals surface area contributed by atoms with Gasteiger partial charge >= 0.3 is 0 Å². The Balaban J connectivity index is 1.93. The fourth-order valence-corrected chi connectivity index (χ4v) is 0.686. The molecule has 0 atom stereocenters. The summed E-state index contributed by atoms with van der Waals surface area (Å²) in [4.78, 5) is 9.56. The average Bonchev–Trinajstić information content (AvgIpc) is 1.63. The van der Waals surface area contributed by atoms with Crippen LogP contribution in [0.1, 0.15) is 6.42 Å². The van der Waals surface area contributed by atoms with Gasteiger partial charge in [0.2, 0.25) is 0 Å². The van der Waals surface area contributed by atoms with Crippen molar-refractivity contribution in [3.63, 3.8) is 0 Å². The molecule has 0 amide bonds. The summed E-state index contributed by atoms with van der Waals surface area (Å²) in [6.45, 7) is 2.11. The molecule has 1 aliphatic heterocycles. The Bertz CT molecular complexity index is 80.5. The minimum Gasteiger partial charge on any atom is -0.381 e. The molecule has 1 saturated heterocycles. The number of rotatable bonds is 3. The predicted octanol–water partition coefficient (Wildman–Crippen LogP) is 0.789. The predicted molar refractivity (Wildman–Crippen MR) is 29.6 cm³/mol. The van der Waals surface area contributed by atoms with Gasteiger partial charge in [-0.05, 0) is 6.42 Å². The molecular weight excluding hydrogens is 106 g/mol. The smallest absolute Gasteiger partial charge is 0.0815 e. The lowest BCUT2D eigenvalue weighted by atomic mass is 10.1. The normalized spacial score (nSPS) is 20.0. The first-order valence-corrected chi connectivity index (χ1v) is 2.80. The standard InChI is InChI=1S/C5H9NO2/c7-6-2-1-5-3-8-4-5/h5H,1-4H2. The van der Waals surface area contributed by atoms with E-state index in [4.69, 9.17) is 4.74 Å². The van der Waals surface area contributed by atoms with Gasteiger partial charge in [0.25, 0.3) is 0 Å². The van der Waals surface area contributed by atoms with E-state index in [-0.39, 0.29) is 0 Å². The molecule has 0 aromatic rings. The number of nitroso groups, excluding NO2 is 1. The van der Waals surface area contributed by atoms with E-state index in [1.54, 1.807) is 0 Å². The van der Waals surface area contributed by atoms with Crippen LogP contribution in [0.4, 0.5) is 0 Å². The first-order chi connectivity index (χ1) is 3.93. The van der Waals surface area contributed by atoms with Crippen molar-refractivity contribution in [3.05, 3.63) is 4.91 Å². The summed E-state index contributed by atoms with van der Waals surface area (Å²) in [5, 5.41) is 2.75. The van der Waals surface area contributed by atoms with E-state index < -0.39 is 0 Å². The fourth-order valence-electron chi connectivity index (χ4n) is 0.686. The van der Waals surface area contributed by atoms with Crippen LogP contribution >= 0.6 is 0 Å². The van der Waals surface area contributed by atoms with E-state index in [2.05, 4.69) is 5.18 Å². The van der Waals surface area contributed by atoms with Crippen LogP contribution in [-0.2, 0) is 4.74 Å². The van der Waals surface area contributed by atoms with E-state index in [0.29, 0.717) is 12.5 Å². The van der Waals surface area contributed by atoms with Gasteiger partial charge in [-0.1, -0.05) is 5.18 Å². The van der Waals surface area contributed by atoms with Gasteiger partial charge in [-0.2, -0.15) is 4.91 Å². The summed E-state index contributed by atoms with van der Waals surface area (Å²) in [5.41, 5.74) is 0. The van der Waals surface area contributed by atoms with Gasteiger partial charge in [0.05, 0.1) is 19.8 Å². The Kier molecular flexibility index (Phi) is 1.97. The zero-order chi connectivity index (χ0) is 5.82. The quantitative estimate of drug-likeness (QED) is 0.510. The van der Waals surface area contributed by atoms with Crippen LogP contribution in [-0.4, -0.2) is 19.8 Å². The van der Waals surface area contributed by atoms with Gasteiger partial charge in [0.15, 0.2) is 0 Å². The highest BCUT2D eigenvalue weighted by Gasteiger charge is 2.17. The SMILES string of the molecule is O=NCCC1COC1. The van der Waals surface area contributed by atoms with Crippen molar-refractivity contribution in [1.82, 2.24) is 0 Å². The lowest BCUT2D eigenvalue weighted by Crippen LogP contribution is -2.27. The molecule has 1 aliphatic rings. The van der Waals surface area contributed by atoms with Crippen molar-refractivity contribution >= 4 is 0 Å². The first-order valence-electron chi connectivity index (χ1n) is 2.80. The Labute approximate surface area is 48.0 Å². The zero-order valence-corrected chi connectivity index (χ0v) is 4.67. The summed E-state index contributed by atoms with van der Waals surface area (Å²) < 4.78 is 4.89.